The topological polar surface area (TPSA) is 29.5 Å². The molecule has 0 aromatic heterocycles. The second-order valence-electron chi connectivity index (χ2n) is 5.90. The SMILES string of the molecule is COc1ccc(C(CC(O)c2ccccc2)c2ccccc2)cc1. The van der Waals surface area contributed by atoms with Gasteiger partial charge in [-0.25, -0.2) is 0 Å². The van der Waals surface area contributed by atoms with Gasteiger partial charge in [-0.1, -0.05) is 72.8 Å². The number of methoxy groups -OCH3 is 1. The van der Waals surface area contributed by atoms with Crippen molar-refractivity contribution in [3.8, 4) is 5.75 Å². The average Bonchev–Trinajstić information content (AvgIpc) is 2.67. The molecule has 2 nitrogen and oxygen atoms in total. The highest BCUT2D eigenvalue weighted by Gasteiger charge is 2.19. The van der Waals surface area contributed by atoms with Gasteiger partial charge in [0.25, 0.3) is 0 Å². The lowest BCUT2D eigenvalue weighted by atomic mass is 9.85. The summed E-state index contributed by atoms with van der Waals surface area (Å²) in [6.45, 7) is 0. The van der Waals surface area contributed by atoms with Gasteiger partial charge in [0.1, 0.15) is 5.75 Å². The maximum Gasteiger partial charge on any atom is 0.118 e. The number of hydrogen-bond acceptors (Lipinski definition) is 2. The Labute approximate surface area is 143 Å². The number of ether oxygens (including phenoxy) is 1. The van der Waals surface area contributed by atoms with E-state index in [2.05, 4.69) is 24.3 Å². The van der Waals surface area contributed by atoms with Crippen LogP contribution in [0.25, 0.3) is 0 Å². The van der Waals surface area contributed by atoms with Gasteiger partial charge in [-0.3, -0.25) is 0 Å². The molecule has 3 aromatic carbocycles. The van der Waals surface area contributed by atoms with Gasteiger partial charge in [0, 0.05) is 5.92 Å². The first kappa shape index (κ1) is 16.3. The van der Waals surface area contributed by atoms with Crippen LogP contribution in [0.5, 0.6) is 5.75 Å². The molecular formula is C22H22O2. The molecule has 0 heterocycles. The molecule has 0 radical (unpaired) electrons. The van der Waals surface area contributed by atoms with Crippen LogP contribution in [0.4, 0.5) is 0 Å². The van der Waals surface area contributed by atoms with Crippen LogP contribution in [-0.4, -0.2) is 12.2 Å². The number of aliphatic hydroxyl groups is 1. The van der Waals surface area contributed by atoms with E-state index < -0.39 is 6.10 Å². The van der Waals surface area contributed by atoms with Crippen molar-refractivity contribution in [3.63, 3.8) is 0 Å². The molecule has 2 unspecified atom stereocenters. The van der Waals surface area contributed by atoms with Crippen LogP contribution in [0.3, 0.4) is 0 Å². The third kappa shape index (κ3) is 3.84. The third-order valence-corrected chi connectivity index (χ3v) is 4.36. The van der Waals surface area contributed by atoms with Crippen molar-refractivity contribution >= 4 is 0 Å². The number of aliphatic hydroxyl groups excluding tert-OH is 1. The summed E-state index contributed by atoms with van der Waals surface area (Å²) in [5.41, 5.74) is 3.33. The van der Waals surface area contributed by atoms with Gasteiger partial charge in [-0.15, -0.1) is 0 Å². The van der Waals surface area contributed by atoms with E-state index in [-0.39, 0.29) is 5.92 Å². The summed E-state index contributed by atoms with van der Waals surface area (Å²) in [7, 11) is 1.67. The Morgan fingerprint density at radius 1 is 0.708 bits per heavy atom. The zero-order chi connectivity index (χ0) is 16.8. The van der Waals surface area contributed by atoms with Gasteiger partial charge in [-0.05, 0) is 35.2 Å². The van der Waals surface area contributed by atoms with Crippen molar-refractivity contribution in [3.05, 3.63) is 102 Å². The van der Waals surface area contributed by atoms with Gasteiger partial charge in [0.2, 0.25) is 0 Å². The summed E-state index contributed by atoms with van der Waals surface area (Å²) in [4.78, 5) is 0. The Balaban J connectivity index is 1.90. The zero-order valence-corrected chi connectivity index (χ0v) is 13.8. The Hall–Kier alpha value is -2.58. The fourth-order valence-corrected chi connectivity index (χ4v) is 3.02. The van der Waals surface area contributed by atoms with Crippen LogP contribution in [0.2, 0.25) is 0 Å². The Morgan fingerprint density at radius 2 is 1.21 bits per heavy atom. The first-order valence-electron chi connectivity index (χ1n) is 8.20. The minimum atomic E-state index is -0.501. The summed E-state index contributed by atoms with van der Waals surface area (Å²) >= 11 is 0. The van der Waals surface area contributed by atoms with E-state index >= 15 is 0 Å². The van der Waals surface area contributed by atoms with Gasteiger partial charge in [-0.2, -0.15) is 0 Å². The van der Waals surface area contributed by atoms with Crippen molar-refractivity contribution < 1.29 is 9.84 Å². The van der Waals surface area contributed by atoms with Crippen molar-refractivity contribution in [2.75, 3.05) is 7.11 Å². The van der Waals surface area contributed by atoms with E-state index in [9.17, 15) is 5.11 Å². The third-order valence-electron chi connectivity index (χ3n) is 4.36. The second kappa shape index (κ2) is 7.80. The molecule has 0 fully saturated rings. The summed E-state index contributed by atoms with van der Waals surface area (Å²) in [5, 5.41) is 10.7. The smallest absolute Gasteiger partial charge is 0.118 e. The molecule has 2 atom stereocenters. The molecule has 0 spiro atoms. The predicted molar refractivity (Wildman–Crippen MR) is 97.3 cm³/mol. The van der Waals surface area contributed by atoms with Crippen molar-refractivity contribution in [1.29, 1.82) is 0 Å². The lowest BCUT2D eigenvalue weighted by Crippen LogP contribution is -2.08. The summed E-state index contributed by atoms with van der Waals surface area (Å²) in [6, 6.07) is 28.3. The van der Waals surface area contributed by atoms with Crippen molar-refractivity contribution in [2.24, 2.45) is 0 Å². The van der Waals surface area contributed by atoms with Crippen LogP contribution < -0.4 is 4.74 Å². The van der Waals surface area contributed by atoms with E-state index in [4.69, 9.17) is 4.74 Å². The first-order chi connectivity index (χ1) is 11.8. The zero-order valence-electron chi connectivity index (χ0n) is 13.8. The monoisotopic (exact) mass is 318 g/mol. The second-order valence-corrected chi connectivity index (χ2v) is 5.90. The molecule has 0 saturated carbocycles. The lowest BCUT2D eigenvalue weighted by Gasteiger charge is -2.22. The Morgan fingerprint density at radius 3 is 1.75 bits per heavy atom. The molecule has 0 aliphatic rings. The number of rotatable bonds is 6. The molecule has 0 bridgehead atoms. The fourth-order valence-electron chi connectivity index (χ4n) is 3.02. The quantitative estimate of drug-likeness (QED) is 0.697. The predicted octanol–water partition coefficient (Wildman–Crippen LogP) is 4.95. The number of hydrogen-bond donors (Lipinski definition) is 1. The average molecular weight is 318 g/mol. The first-order valence-corrected chi connectivity index (χ1v) is 8.20. The largest absolute Gasteiger partial charge is 0.497 e. The molecule has 0 aliphatic carbocycles. The lowest BCUT2D eigenvalue weighted by molar-refractivity contribution is 0.162. The Bertz CT molecular complexity index is 736. The molecule has 0 aliphatic heterocycles. The normalized spacial score (nSPS) is 13.2. The molecule has 3 aromatic rings. The molecule has 0 amide bonds. The summed E-state index contributed by atoms with van der Waals surface area (Å²) in [5.74, 6) is 0.974. The maximum atomic E-state index is 10.7. The Kier molecular flexibility index (Phi) is 5.29. The maximum absolute atomic E-state index is 10.7. The summed E-state index contributed by atoms with van der Waals surface area (Å²) < 4.78 is 5.26. The van der Waals surface area contributed by atoms with Crippen LogP contribution in [0.15, 0.2) is 84.9 Å². The molecule has 0 saturated heterocycles. The molecule has 2 heteroatoms. The van der Waals surface area contributed by atoms with Gasteiger partial charge in [0.05, 0.1) is 13.2 Å². The molecule has 1 N–H and O–H groups in total. The highest BCUT2D eigenvalue weighted by atomic mass is 16.5. The van der Waals surface area contributed by atoms with E-state index in [0.29, 0.717) is 6.42 Å². The minimum absolute atomic E-state index is 0.132. The van der Waals surface area contributed by atoms with E-state index in [1.807, 2.05) is 60.7 Å². The standard InChI is InChI=1S/C22H22O2/c1-24-20-14-12-18(13-15-20)21(17-8-4-2-5-9-17)16-22(23)19-10-6-3-7-11-19/h2-15,21-23H,16H2,1H3. The highest BCUT2D eigenvalue weighted by molar-refractivity contribution is 5.36. The van der Waals surface area contributed by atoms with E-state index in [1.165, 1.54) is 11.1 Å². The van der Waals surface area contributed by atoms with Crippen LogP contribution in [-0.2, 0) is 0 Å². The molecular weight excluding hydrogens is 296 g/mol. The molecule has 24 heavy (non-hydrogen) atoms. The minimum Gasteiger partial charge on any atom is -0.497 e. The van der Waals surface area contributed by atoms with Crippen molar-refractivity contribution in [2.45, 2.75) is 18.4 Å². The van der Waals surface area contributed by atoms with Crippen LogP contribution >= 0.6 is 0 Å². The van der Waals surface area contributed by atoms with Gasteiger partial charge in [0.15, 0.2) is 0 Å². The highest BCUT2D eigenvalue weighted by Crippen LogP contribution is 2.34. The molecule has 3 rings (SSSR count). The van der Waals surface area contributed by atoms with E-state index in [0.717, 1.165) is 11.3 Å². The molecule has 122 valence electrons. The van der Waals surface area contributed by atoms with Crippen molar-refractivity contribution in [1.82, 2.24) is 0 Å². The fraction of sp³-hybridized carbons (Fsp3) is 0.182. The number of benzene rings is 3. The van der Waals surface area contributed by atoms with Gasteiger partial charge >= 0.3 is 0 Å². The van der Waals surface area contributed by atoms with Gasteiger partial charge < -0.3 is 9.84 Å². The summed E-state index contributed by atoms with van der Waals surface area (Å²) in [6.07, 6.45) is 0.138. The van der Waals surface area contributed by atoms with Crippen LogP contribution in [0.1, 0.15) is 35.1 Å². The van der Waals surface area contributed by atoms with Crippen LogP contribution in [0, 0.1) is 0 Å². The van der Waals surface area contributed by atoms with E-state index in [1.54, 1.807) is 7.11 Å².